The Bertz CT molecular complexity index is 696. The van der Waals surface area contributed by atoms with Gasteiger partial charge < -0.3 is 15.1 Å². The van der Waals surface area contributed by atoms with Gasteiger partial charge in [0.1, 0.15) is 0 Å². The number of hydrogen-bond acceptors (Lipinski definition) is 5. The van der Waals surface area contributed by atoms with Gasteiger partial charge in [0, 0.05) is 49.9 Å². The van der Waals surface area contributed by atoms with Gasteiger partial charge in [0.05, 0.1) is 17.9 Å². The standard InChI is InChI=1S/C16H24N6OS/c1-11-13(3)24-16(19-11)22-7-5-21(6-8-22)15(23)18-12(2)14-9-17-20(4)10-14/h9-10,12H,5-8H2,1-4H3,(H,18,23)/t12-/m0/s1. The minimum absolute atomic E-state index is 0.0162. The zero-order chi connectivity index (χ0) is 17.3. The highest BCUT2D eigenvalue weighted by atomic mass is 32.1. The minimum atomic E-state index is -0.0477. The van der Waals surface area contributed by atoms with Crippen molar-refractivity contribution in [2.75, 3.05) is 31.1 Å². The molecule has 1 N–H and O–H groups in total. The van der Waals surface area contributed by atoms with Gasteiger partial charge in [0.25, 0.3) is 0 Å². The van der Waals surface area contributed by atoms with Crippen LogP contribution in [0, 0.1) is 13.8 Å². The number of thiazole rings is 1. The van der Waals surface area contributed by atoms with Crippen molar-refractivity contribution in [3.63, 3.8) is 0 Å². The van der Waals surface area contributed by atoms with Gasteiger partial charge >= 0.3 is 6.03 Å². The monoisotopic (exact) mass is 348 g/mol. The third-order valence-electron chi connectivity index (χ3n) is 4.42. The first kappa shape index (κ1) is 16.8. The third-order valence-corrected chi connectivity index (χ3v) is 5.55. The smallest absolute Gasteiger partial charge is 0.317 e. The second-order valence-electron chi connectivity index (χ2n) is 6.23. The Labute approximate surface area is 146 Å². The average molecular weight is 348 g/mol. The van der Waals surface area contributed by atoms with Gasteiger partial charge in [-0.2, -0.15) is 5.10 Å². The Morgan fingerprint density at radius 3 is 2.54 bits per heavy atom. The van der Waals surface area contributed by atoms with Gasteiger partial charge in [-0.15, -0.1) is 11.3 Å². The number of anilines is 1. The number of nitrogens with one attached hydrogen (secondary N) is 1. The number of piperazine rings is 1. The molecule has 0 aromatic carbocycles. The molecule has 3 heterocycles. The van der Waals surface area contributed by atoms with E-state index in [0.29, 0.717) is 13.1 Å². The summed E-state index contributed by atoms with van der Waals surface area (Å²) in [5.41, 5.74) is 2.11. The van der Waals surface area contributed by atoms with E-state index in [4.69, 9.17) is 0 Å². The minimum Gasteiger partial charge on any atom is -0.345 e. The van der Waals surface area contributed by atoms with Gasteiger partial charge in [0.15, 0.2) is 5.13 Å². The van der Waals surface area contributed by atoms with E-state index in [1.54, 1.807) is 22.2 Å². The van der Waals surface area contributed by atoms with E-state index in [1.165, 1.54) is 4.88 Å². The summed E-state index contributed by atoms with van der Waals surface area (Å²) in [7, 11) is 1.87. The molecule has 1 fully saturated rings. The van der Waals surface area contributed by atoms with E-state index >= 15 is 0 Å². The van der Waals surface area contributed by atoms with Crippen molar-refractivity contribution in [1.82, 2.24) is 25.0 Å². The number of carbonyl (C=O) groups is 1. The molecule has 24 heavy (non-hydrogen) atoms. The van der Waals surface area contributed by atoms with Crippen molar-refractivity contribution < 1.29 is 4.79 Å². The summed E-state index contributed by atoms with van der Waals surface area (Å²) in [6.45, 7) is 9.18. The molecule has 1 aliphatic rings. The lowest BCUT2D eigenvalue weighted by Gasteiger charge is -2.35. The van der Waals surface area contributed by atoms with Gasteiger partial charge in [-0.05, 0) is 20.8 Å². The van der Waals surface area contributed by atoms with Crippen LogP contribution in [-0.2, 0) is 7.05 Å². The molecule has 0 unspecified atom stereocenters. The van der Waals surface area contributed by atoms with Gasteiger partial charge in [-0.1, -0.05) is 0 Å². The van der Waals surface area contributed by atoms with Crippen LogP contribution >= 0.6 is 11.3 Å². The van der Waals surface area contributed by atoms with Crippen LogP contribution < -0.4 is 10.2 Å². The van der Waals surface area contributed by atoms with E-state index in [0.717, 1.165) is 29.5 Å². The van der Waals surface area contributed by atoms with Gasteiger partial charge in [-0.3, -0.25) is 4.68 Å². The summed E-state index contributed by atoms with van der Waals surface area (Å²) in [5.74, 6) is 0. The van der Waals surface area contributed by atoms with Crippen molar-refractivity contribution in [1.29, 1.82) is 0 Å². The van der Waals surface area contributed by atoms with Crippen molar-refractivity contribution >= 4 is 22.5 Å². The van der Waals surface area contributed by atoms with E-state index in [2.05, 4.69) is 27.2 Å². The number of aromatic nitrogens is 3. The van der Waals surface area contributed by atoms with Gasteiger partial charge in [-0.25, -0.2) is 9.78 Å². The molecule has 8 heteroatoms. The largest absolute Gasteiger partial charge is 0.345 e. The van der Waals surface area contributed by atoms with Crippen LogP contribution in [0.15, 0.2) is 12.4 Å². The van der Waals surface area contributed by atoms with Crippen LogP contribution in [-0.4, -0.2) is 51.9 Å². The maximum atomic E-state index is 12.4. The summed E-state index contributed by atoms with van der Waals surface area (Å²) in [6.07, 6.45) is 3.71. The number of rotatable bonds is 3. The summed E-state index contributed by atoms with van der Waals surface area (Å²) in [5, 5.41) is 8.26. The number of nitrogens with zero attached hydrogens (tertiary/aromatic N) is 5. The Hall–Kier alpha value is -2.09. The number of aryl methyl sites for hydroxylation is 3. The van der Waals surface area contributed by atoms with E-state index in [1.807, 2.05) is 32.0 Å². The number of amides is 2. The SMILES string of the molecule is Cc1nc(N2CCN(C(=O)N[C@@H](C)c3cnn(C)c3)CC2)sc1C. The lowest BCUT2D eigenvalue weighted by molar-refractivity contribution is 0.191. The Balaban J connectivity index is 1.53. The number of hydrogen-bond donors (Lipinski definition) is 1. The fourth-order valence-electron chi connectivity index (χ4n) is 2.72. The van der Waals surface area contributed by atoms with Crippen LogP contribution in [0.5, 0.6) is 0 Å². The predicted octanol–water partition coefficient (Wildman–Crippen LogP) is 2.09. The molecule has 0 radical (unpaired) electrons. The molecule has 3 rings (SSSR count). The molecular formula is C16H24N6OS. The molecule has 2 aromatic heterocycles. The fourth-order valence-corrected chi connectivity index (χ4v) is 3.68. The highest BCUT2D eigenvalue weighted by molar-refractivity contribution is 7.15. The van der Waals surface area contributed by atoms with Crippen molar-refractivity contribution in [2.45, 2.75) is 26.8 Å². The summed E-state index contributed by atoms with van der Waals surface area (Å²) >= 11 is 1.73. The molecule has 2 amide bonds. The molecule has 0 aliphatic carbocycles. The zero-order valence-electron chi connectivity index (χ0n) is 14.6. The Morgan fingerprint density at radius 2 is 2.00 bits per heavy atom. The highest BCUT2D eigenvalue weighted by Crippen LogP contribution is 2.26. The van der Waals surface area contributed by atoms with E-state index < -0.39 is 0 Å². The lowest BCUT2D eigenvalue weighted by atomic mass is 10.2. The molecule has 2 aromatic rings. The molecule has 130 valence electrons. The second kappa shape index (κ2) is 6.80. The molecule has 1 aliphatic heterocycles. The highest BCUT2D eigenvalue weighted by Gasteiger charge is 2.24. The van der Waals surface area contributed by atoms with E-state index in [-0.39, 0.29) is 12.1 Å². The third kappa shape index (κ3) is 3.53. The zero-order valence-corrected chi connectivity index (χ0v) is 15.4. The molecular weight excluding hydrogens is 324 g/mol. The first-order valence-electron chi connectivity index (χ1n) is 8.17. The van der Waals surface area contributed by atoms with Gasteiger partial charge in [0.2, 0.25) is 0 Å². The van der Waals surface area contributed by atoms with E-state index in [9.17, 15) is 4.79 Å². The molecule has 7 nitrogen and oxygen atoms in total. The number of urea groups is 1. The molecule has 1 atom stereocenters. The van der Waals surface area contributed by atoms with Crippen LogP contribution in [0.25, 0.3) is 0 Å². The van der Waals surface area contributed by atoms with Crippen LogP contribution in [0.3, 0.4) is 0 Å². The lowest BCUT2D eigenvalue weighted by Crippen LogP contribution is -2.52. The fraction of sp³-hybridized carbons (Fsp3) is 0.562. The molecule has 0 bridgehead atoms. The van der Waals surface area contributed by atoms with Crippen molar-refractivity contribution in [3.8, 4) is 0 Å². The van der Waals surface area contributed by atoms with Crippen LogP contribution in [0.1, 0.15) is 29.1 Å². The average Bonchev–Trinajstić information content (AvgIpc) is 3.14. The maximum absolute atomic E-state index is 12.4. The topological polar surface area (TPSA) is 66.3 Å². The second-order valence-corrected chi connectivity index (χ2v) is 7.41. The molecule has 1 saturated heterocycles. The summed E-state index contributed by atoms with van der Waals surface area (Å²) in [4.78, 5) is 22.5. The maximum Gasteiger partial charge on any atom is 0.317 e. The molecule has 0 saturated carbocycles. The normalized spacial score (nSPS) is 16.3. The first-order valence-corrected chi connectivity index (χ1v) is 8.98. The Kier molecular flexibility index (Phi) is 4.75. The van der Waals surface area contributed by atoms with Crippen molar-refractivity contribution in [3.05, 3.63) is 28.5 Å². The Morgan fingerprint density at radius 1 is 1.29 bits per heavy atom. The van der Waals surface area contributed by atoms with Crippen LogP contribution in [0.2, 0.25) is 0 Å². The first-order chi connectivity index (χ1) is 11.4. The predicted molar refractivity (Wildman–Crippen MR) is 95.5 cm³/mol. The quantitative estimate of drug-likeness (QED) is 0.922. The summed E-state index contributed by atoms with van der Waals surface area (Å²) < 4.78 is 1.74. The molecule has 0 spiro atoms. The van der Waals surface area contributed by atoms with Crippen LogP contribution in [0.4, 0.5) is 9.93 Å². The summed E-state index contributed by atoms with van der Waals surface area (Å²) in [6, 6.07) is -0.0639. The number of carbonyl (C=O) groups excluding carboxylic acids is 1. The van der Waals surface area contributed by atoms with Crippen molar-refractivity contribution in [2.24, 2.45) is 7.05 Å².